The normalized spacial score (nSPS) is 19.4. The van der Waals surface area contributed by atoms with Crippen LogP contribution in [0.2, 0.25) is 0 Å². The van der Waals surface area contributed by atoms with E-state index in [4.69, 9.17) is 7.48 Å². The fraction of sp³-hybridized carbons (Fsp3) is 0.500. The molecule has 0 aliphatic heterocycles. The minimum absolute atomic E-state index is 0.226. The Morgan fingerprint density at radius 2 is 2.21 bits per heavy atom. The van der Waals surface area contributed by atoms with Crippen molar-refractivity contribution in [3.05, 3.63) is 30.5 Å². The molecule has 0 amide bonds. The van der Waals surface area contributed by atoms with Crippen molar-refractivity contribution in [3.8, 4) is 5.75 Å². The van der Waals surface area contributed by atoms with Crippen LogP contribution in [0.1, 0.15) is 22.5 Å². The van der Waals surface area contributed by atoms with E-state index in [9.17, 15) is 0 Å². The second kappa shape index (κ2) is 4.89. The zero-order valence-corrected chi connectivity index (χ0v) is 11.8. The van der Waals surface area contributed by atoms with Crippen LogP contribution in [0.3, 0.4) is 0 Å². The third kappa shape index (κ3) is 2.76. The van der Waals surface area contributed by atoms with Crippen molar-refractivity contribution < 1.29 is 7.48 Å². The summed E-state index contributed by atoms with van der Waals surface area (Å²) >= 11 is 0. The average Bonchev–Trinajstić information content (AvgIpc) is 3.13. The Kier molecular flexibility index (Phi) is 2.66. The topological polar surface area (TPSA) is 17.4 Å². The number of nitrogens with zero attached hydrogens (tertiary/aromatic N) is 2. The first-order chi connectivity index (χ1) is 9.89. The van der Waals surface area contributed by atoms with E-state index in [1.165, 1.54) is 0 Å². The highest BCUT2D eigenvalue weighted by Gasteiger charge is 2.23. The Bertz CT molecular complexity index is 647. The van der Waals surface area contributed by atoms with E-state index >= 15 is 0 Å². The van der Waals surface area contributed by atoms with Crippen molar-refractivity contribution in [3.63, 3.8) is 0 Å². The lowest BCUT2D eigenvalue weighted by Crippen LogP contribution is -2.28. The number of aromatic nitrogens is 1. The molecule has 19 heavy (non-hydrogen) atoms. The van der Waals surface area contributed by atoms with Crippen LogP contribution in [0.5, 0.6) is 5.75 Å². The van der Waals surface area contributed by atoms with Crippen LogP contribution in [0.4, 0.5) is 0 Å². The molecule has 1 atom stereocenters. The Labute approximate surface area is 117 Å². The third-order valence-electron chi connectivity index (χ3n) is 3.59. The largest absolute Gasteiger partial charge is 0.490 e. The van der Waals surface area contributed by atoms with Crippen molar-refractivity contribution in [1.82, 2.24) is 9.47 Å². The molecule has 0 bridgehead atoms. The molecule has 1 saturated carbocycles. The monoisotopic (exact) mass is 260 g/mol. The van der Waals surface area contributed by atoms with Gasteiger partial charge in [-0.1, -0.05) is 0 Å². The maximum atomic E-state index is 8.44. The van der Waals surface area contributed by atoms with E-state index in [2.05, 4.69) is 0 Å². The molecule has 2 aromatic rings. The molecule has 102 valence electrons. The van der Waals surface area contributed by atoms with Gasteiger partial charge >= 0.3 is 0 Å². The maximum Gasteiger partial charge on any atom is 0.120 e. The minimum Gasteiger partial charge on any atom is -0.490 e. The van der Waals surface area contributed by atoms with Crippen LogP contribution in [0, 0.1) is 0 Å². The van der Waals surface area contributed by atoms with Crippen LogP contribution in [-0.2, 0) is 6.50 Å². The minimum atomic E-state index is -1.47. The van der Waals surface area contributed by atoms with E-state index in [1.807, 2.05) is 56.4 Å². The number of hydrogen-bond donors (Lipinski definition) is 0. The molecule has 1 aliphatic carbocycles. The molecule has 1 aliphatic rings. The number of rotatable bonds is 5. The first-order valence-electron chi connectivity index (χ1n) is 7.84. The second-order valence-electron chi connectivity index (χ2n) is 5.49. The standard InChI is InChI=1S/C16H22N2O/c1-12(17(2)3)11-18-9-8-13-10-15(6-7-16(13)18)19-14-4-5-14/h6-10,12,14H,4-5,11H2,1-3H3/t12-/m1/s1/i11D2. The molecule has 3 heteroatoms. The number of benzene rings is 1. The lowest BCUT2D eigenvalue weighted by molar-refractivity contribution is 0.286. The predicted molar refractivity (Wildman–Crippen MR) is 78.7 cm³/mol. The van der Waals surface area contributed by atoms with Gasteiger partial charge in [0.2, 0.25) is 0 Å². The van der Waals surface area contributed by atoms with Gasteiger partial charge in [0.15, 0.2) is 0 Å². The first-order valence-corrected chi connectivity index (χ1v) is 6.84. The summed E-state index contributed by atoms with van der Waals surface area (Å²) in [6.07, 6.45) is 4.49. The van der Waals surface area contributed by atoms with Crippen LogP contribution >= 0.6 is 0 Å². The van der Waals surface area contributed by atoms with Crippen molar-refractivity contribution >= 4 is 10.9 Å². The number of likely N-dealkylation sites (N-methyl/N-ethyl adjacent to an activating group) is 1. The summed E-state index contributed by atoms with van der Waals surface area (Å²) in [6, 6.07) is 7.62. The van der Waals surface area contributed by atoms with Crippen LogP contribution in [0.25, 0.3) is 10.9 Å². The van der Waals surface area contributed by atoms with Crippen molar-refractivity contribution in [2.75, 3.05) is 14.1 Å². The molecular formula is C16H22N2O. The van der Waals surface area contributed by atoms with Crippen molar-refractivity contribution in [2.45, 2.75) is 38.4 Å². The van der Waals surface area contributed by atoms with E-state index in [0.717, 1.165) is 29.5 Å². The van der Waals surface area contributed by atoms with Crippen molar-refractivity contribution in [2.24, 2.45) is 0 Å². The molecule has 1 aromatic carbocycles. The van der Waals surface area contributed by atoms with Gasteiger partial charge in [0, 0.05) is 29.6 Å². The average molecular weight is 260 g/mol. The summed E-state index contributed by atoms with van der Waals surface area (Å²) in [5.41, 5.74) is 0.900. The molecule has 1 fully saturated rings. The van der Waals surface area contributed by atoms with Crippen LogP contribution < -0.4 is 4.74 Å². The molecule has 0 N–H and O–H groups in total. The fourth-order valence-electron chi connectivity index (χ4n) is 2.00. The fourth-order valence-corrected chi connectivity index (χ4v) is 2.00. The van der Waals surface area contributed by atoms with Crippen LogP contribution in [-0.4, -0.2) is 35.7 Å². The Hall–Kier alpha value is -1.48. The third-order valence-corrected chi connectivity index (χ3v) is 3.59. The Morgan fingerprint density at radius 1 is 1.42 bits per heavy atom. The highest BCUT2D eigenvalue weighted by atomic mass is 16.5. The zero-order valence-electron chi connectivity index (χ0n) is 13.8. The van der Waals surface area contributed by atoms with Gasteiger partial charge in [0.25, 0.3) is 0 Å². The summed E-state index contributed by atoms with van der Waals surface area (Å²) in [6.45, 7) is 0.431. The summed E-state index contributed by atoms with van der Waals surface area (Å²) in [7, 11) is 3.80. The van der Waals surface area contributed by atoms with Gasteiger partial charge in [-0.3, -0.25) is 0 Å². The molecule has 1 heterocycles. The molecule has 3 nitrogen and oxygen atoms in total. The summed E-state index contributed by atoms with van der Waals surface area (Å²) in [5.74, 6) is 0.879. The lowest BCUT2D eigenvalue weighted by atomic mass is 10.2. The van der Waals surface area contributed by atoms with Gasteiger partial charge in [-0.2, -0.15) is 0 Å². The number of hydrogen-bond acceptors (Lipinski definition) is 2. The molecule has 0 spiro atoms. The Morgan fingerprint density at radius 3 is 2.89 bits per heavy atom. The molecular weight excluding hydrogens is 236 g/mol. The van der Waals surface area contributed by atoms with E-state index in [-0.39, 0.29) is 6.04 Å². The second-order valence-corrected chi connectivity index (χ2v) is 5.49. The van der Waals surface area contributed by atoms with Gasteiger partial charge in [-0.05, 0) is 58.1 Å². The zero-order chi connectivity index (χ0) is 15.2. The highest BCUT2D eigenvalue weighted by Crippen LogP contribution is 2.29. The van der Waals surface area contributed by atoms with Gasteiger partial charge in [-0.25, -0.2) is 0 Å². The Balaban J connectivity index is 1.95. The van der Waals surface area contributed by atoms with Gasteiger partial charge in [-0.15, -0.1) is 0 Å². The molecule has 0 unspecified atom stereocenters. The number of fused-ring (bicyclic) bond motifs is 1. The smallest absolute Gasteiger partial charge is 0.120 e. The quantitative estimate of drug-likeness (QED) is 0.821. The summed E-state index contributed by atoms with van der Waals surface area (Å²) in [5, 5.41) is 1.02. The molecule has 1 aromatic heterocycles. The van der Waals surface area contributed by atoms with E-state index in [1.54, 1.807) is 4.57 Å². The van der Waals surface area contributed by atoms with Gasteiger partial charge in [0.1, 0.15) is 5.75 Å². The van der Waals surface area contributed by atoms with E-state index < -0.39 is 6.50 Å². The number of ether oxygens (including phenoxy) is 1. The first kappa shape index (κ1) is 10.3. The molecule has 0 saturated heterocycles. The highest BCUT2D eigenvalue weighted by molar-refractivity contribution is 5.81. The van der Waals surface area contributed by atoms with Crippen LogP contribution in [0.15, 0.2) is 30.5 Å². The lowest BCUT2D eigenvalue weighted by Gasteiger charge is -2.20. The van der Waals surface area contributed by atoms with E-state index in [0.29, 0.717) is 6.10 Å². The molecule has 3 rings (SSSR count). The predicted octanol–water partition coefficient (Wildman–Crippen LogP) is 3.13. The summed E-state index contributed by atoms with van der Waals surface area (Å²) < 4.78 is 24.4. The van der Waals surface area contributed by atoms with Gasteiger partial charge < -0.3 is 14.2 Å². The molecule has 0 radical (unpaired) electrons. The SMILES string of the molecule is [2H]C([2H])([C@@H](C)N(C)C)n1ccc2cc(OC3CC3)ccc21. The summed E-state index contributed by atoms with van der Waals surface area (Å²) in [4.78, 5) is 1.90. The van der Waals surface area contributed by atoms with Gasteiger partial charge in [0.05, 0.1) is 8.85 Å². The van der Waals surface area contributed by atoms with Crippen molar-refractivity contribution in [1.29, 1.82) is 0 Å². The maximum absolute atomic E-state index is 8.44.